The first-order valence-corrected chi connectivity index (χ1v) is 9.83. The van der Waals surface area contributed by atoms with Gasteiger partial charge in [-0.15, -0.1) is 11.3 Å². The molecule has 0 spiro atoms. The van der Waals surface area contributed by atoms with Crippen LogP contribution in [-0.2, 0) is 22.7 Å². The highest BCUT2D eigenvalue weighted by Gasteiger charge is 2.28. The van der Waals surface area contributed by atoms with Crippen LogP contribution in [0.4, 0.5) is 9.93 Å². The third kappa shape index (κ3) is 5.51. The van der Waals surface area contributed by atoms with Crippen LogP contribution in [0.1, 0.15) is 24.0 Å². The quantitative estimate of drug-likeness (QED) is 0.797. The van der Waals surface area contributed by atoms with E-state index in [1.807, 2.05) is 29.6 Å². The van der Waals surface area contributed by atoms with Gasteiger partial charge in [-0.3, -0.25) is 4.79 Å². The molecule has 0 aliphatic carbocycles. The van der Waals surface area contributed by atoms with Gasteiger partial charge in [-0.05, 0) is 24.0 Å². The normalized spacial score (nSPS) is 16.8. The lowest BCUT2D eigenvalue weighted by Crippen LogP contribution is -2.47. The second-order valence-corrected chi connectivity index (χ2v) is 7.42. The number of urea groups is 1. The SMILES string of the molecule is COCc1cccc(CNC(=O)N2CCCC(C(=O)Nc3nccs3)C2)c1. The number of thiazole rings is 1. The lowest BCUT2D eigenvalue weighted by molar-refractivity contribution is -0.121. The van der Waals surface area contributed by atoms with E-state index in [1.165, 1.54) is 11.3 Å². The Bertz CT molecular complexity index is 766. The predicted octanol–water partition coefficient (Wildman–Crippen LogP) is 2.85. The van der Waals surface area contributed by atoms with Crippen molar-refractivity contribution in [2.24, 2.45) is 5.92 Å². The van der Waals surface area contributed by atoms with Crippen LogP contribution in [0.2, 0.25) is 0 Å². The number of carbonyl (C=O) groups excluding carboxylic acids is 2. The van der Waals surface area contributed by atoms with Gasteiger partial charge in [0.1, 0.15) is 0 Å². The maximum Gasteiger partial charge on any atom is 0.317 e. The molecule has 7 nitrogen and oxygen atoms in total. The van der Waals surface area contributed by atoms with E-state index in [1.54, 1.807) is 18.2 Å². The maximum atomic E-state index is 12.5. The third-order valence-corrected chi connectivity index (χ3v) is 5.18. The molecule has 1 unspecified atom stereocenters. The van der Waals surface area contributed by atoms with E-state index in [-0.39, 0.29) is 17.9 Å². The highest BCUT2D eigenvalue weighted by molar-refractivity contribution is 7.13. The van der Waals surface area contributed by atoms with E-state index in [0.29, 0.717) is 31.4 Å². The third-order valence-electron chi connectivity index (χ3n) is 4.49. The van der Waals surface area contributed by atoms with Gasteiger partial charge < -0.3 is 20.3 Å². The molecule has 1 atom stereocenters. The summed E-state index contributed by atoms with van der Waals surface area (Å²) in [6, 6.07) is 7.80. The Kier molecular flexibility index (Phi) is 6.78. The number of likely N-dealkylation sites (tertiary alicyclic amines) is 1. The summed E-state index contributed by atoms with van der Waals surface area (Å²) in [7, 11) is 1.66. The largest absolute Gasteiger partial charge is 0.380 e. The predicted molar refractivity (Wildman–Crippen MR) is 104 cm³/mol. The van der Waals surface area contributed by atoms with Crippen molar-refractivity contribution >= 4 is 28.4 Å². The molecule has 0 radical (unpaired) electrons. The van der Waals surface area contributed by atoms with Gasteiger partial charge in [0.25, 0.3) is 0 Å². The van der Waals surface area contributed by atoms with Gasteiger partial charge in [-0.1, -0.05) is 24.3 Å². The molecule has 1 aliphatic heterocycles. The molecule has 1 fully saturated rings. The number of anilines is 1. The van der Waals surface area contributed by atoms with Crippen LogP contribution in [0.25, 0.3) is 0 Å². The summed E-state index contributed by atoms with van der Waals surface area (Å²) in [5, 5.41) is 8.18. The van der Waals surface area contributed by atoms with Gasteiger partial charge in [0.05, 0.1) is 12.5 Å². The fourth-order valence-electron chi connectivity index (χ4n) is 3.15. The molecule has 0 bridgehead atoms. The minimum Gasteiger partial charge on any atom is -0.380 e. The van der Waals surface area contributed by atoms with E-state index in [2.05, 4.69) is 15.6 Å². The molecule has 1 aromatic carbocycles. The summed E-state index contributed by atoms with van der Waals surface area (Å²) in [6.45, 7) is 2.08. The van der Waals surface area contributed by atoms with Crippen LogP contribution in [0, 0.1) is 5.92 Å². The molecular formula is C19H24N4O3S. The van der Waals surface area contributed by atoms with E-state index in [0.717, 1.165) is 24.0 Å². The molecule has 144 valence electrons. The Morgan fingerprint density at radius 1 is 1.37 bits per heavy atom. The lowest BCUT2D eigenvalue weighted by atomic mass is 9.97. The topological polar surface area (TPSA) is 83.6 Å². The number of aromatic nitrogens is 1. The molecular weight excluding hydrogens is 364 g/mol. The highest BCUT2D eigenvalue weighted by Crippen LogP contribution is 2.20. The molecule has 0 saturated carbocycles. The van der Waals surface area contributed by atoms with E-state index in [4.69, 9.17) is 4.74 Å². The van der Waals surface area contributed by atoms with Crippen molar-refractivity contribution in [1.29, 1.82) is 0 Å². The van der Waals surface area contributed by atoms with E-state index >= 15 is 0 Å². The fourth-order valence-corrected chi connectivity index (χ4v) is 3.69. The molecule has 2 heterocycles. The first kappa shape index (κ1) is 19.3. The van der Waals surface area contributed by atoms with Crippen LogP contribution < -0.4 is 10.6 Å². The number of piperidine rings is 1. The van der Waals surface area contributed by atoms with Gasteiger partial charge in [-0.25, -0.2) is 9.78 Å². The summed E-state index contributed by atoms with van der Waals surface area (Å²) < 4.78 is 5.14. The maximum absolute atomic E-state index is 12.5. The number of benzene rings is 1. The minimum atomic E-state index is -0.210. The number of hydrogen-bond acceptors (Lipinski definition) is 5. The minimum absolute atomic E-state index is 0.0743. The number of carbonyl (C=O) groups is 2. The second kappa shape index (κ2) is 9.48. The van der Waals surface area contributed by atoms with Crippen molar-refractivity contribution in [3.05, 3.63) is 47.0 Å². The Balaban J connectivity index is 1.50. The number of hydrogen-bond donors (Lipinski definition) is 2. The number of nitrogens with zero attached hydrogens (tertiary/aromatic N) is 2. The lowest BCUT2D eigenvalue weighted by Gasteiger charge is -2.31. The molecule has 8 heteroatoms. The van der Waals surface area contributed by atoms with E-state index in [9.17, 15) is 9.59 Å². The van der Waals surface area contributed by atoms with Crippen molar-refractivity contribution in [3.63, 3.8) is 0 Å². The van der Waals surface area contributed by atoms with Crippen molar-refractivity contribution in [2.45, 2.75) is 26.0 Å². The first-order chi connectivity index (χ1) is 13.2. The summed E-state index contributed by atoms with van der Waals surface area (Å²) in [5.74, 6) is -0.284. The van der Waals surface area contributed by atoms with Crippen molar-refractivity contribution in [3.8, 4) is 0 Å². The summed E-state index contributed by atoms with van der Waals surface area (Å²) >= 11 is 1.39. The number of methoxy groups -OCH3 is 1. The molecule has 2 N–H and O–H groups in total. The van der Waals surface area contributed by atoms with Gasteiger partial charge in [0, 0.05) is 38.3 Å². The Labute approximate surface area is 162 Å². The zero-order valence-electron chi connectivity index (χ0n) is 15.3. The molecule has 2 aromatic rings. The molecule has 27 heavy (non-hydrogen) atoms. The van der Waals surface area contributed by atoms with Crippen LogP contribution in [0.5, 0.6) is 0 Å². The summed E-state index contributed by atoms with van der Waals surface area (Å²) in [6.07, 6.45) is 3.25. The molecule has 3 rings (SSSR count). The fraction of sp³-hybridized carbons (Fsp3) is 0.421. The number of amides is 3. The van der Waals surface area contributed by atoms with Crippen LogP contribution >= 0.6 is 11.3 Å². The highest BCUT2D eigenvalue weighted by atomic mass is 32.1. The van der Waals surface area contributed by atoms with Crippen LogP contribution in [0.15, 0.2) is 35.8 Å². The van der Waals surface area contributed by atoms with Gasteiger partial charge in [-0.2, -0.15) is 0 Å². The van der Waals surface area contributed by atoms with Gasteiger partial charge in [0.15, 0.2) is 5.13 Å². The number of nitrogens with one attached hydrogen (secondary N) is 2. The van der Waals surface area contributed by atoms with Crippen LogP contribution in [0.3, 0.4) is 0 Å². The Hall–Kier alpha value is -2.45. The van der Waals surface area contributed by atoms with Crippen molar-refractivity contribution < 1.29 is 14.3 Å². The average molecular weight is 388 g/mol. The number of rotatable bonds is 6. The average Bonchev–Trinajstić information content (AvgIpc) is 3.20. The molecule has 1 aromatic heterocycles. The van der Waals surface area contributed by atoms with E-state index < -0.39 is 0 Å². The van der Waals surface area contributed by atoms with Crippen molar-refractivity contribution in [2.75, 3.05) is 25.5 Å². The Morgan fingerprint density at radius 2 is 2.22 bits per heavy atom. The first-order valence-electron chi connectivity index (χ1n) is 8.95. The standard InChI is InChI=1S/C19H24N4O3S/c1-26-13-15-5-2-4-14(10-15)11-21-19(25)23-8-3-6-16(12-23)17(24)22-18-20-7-9-27-18/h2,4-5,7,9-10,16H,3,6,8,11-13H2,1H3,(H,21,25)(H,20,22,24). The smallest absolute Gasteiger partial charge is 0.317 e. The van der Waals surface area contributed by atoms with Gasteiger partial charge in [0.2, 0.25) is 5.91 Å². The Morgan fingerprint density at radius 3 is 3.00 bits per heavy atom. The zero-order valence-corrected chi connectivity index (χ0v) is 16.1. The van der Waals surface area contributed by atoms with Gasteiger partial charge >= 0.3 is 6.03 Å². The monoisotopic (exact) mass is 388 g/mol. The molecule has 1 saturated heterocycles. The zero-order chi connectivity index (χ0) is 19.1. The summed E-state index contributed by atoms with van der Waals surface area (Å²) in [5.41, 5.74) is 2.09. The summed E-state index contributed by atoms with van der Waals surface area (Å²) in [4.78, 5) is 30.7. The van der Waals surface area contributed by atoms with Crippen LogP contribution in [-0.4, -0.2) is 42.0 Å². The molecule has 1 aliphatic rings. The molecule has 3 amide bonds. The number of ether oxygens (including phenoxy) is 1. The van der Waals surface area contributed by atoms with Crippen molar-refractivity contribution in [1.82, 2.24) is 15.2 Å². The second-order valence-electron chi connectivity index (χ2n) is 6.52.